The Morgan fingerprint density at radius 1 is 1.40 bits per heavy atom. The van der Waals surface area contributed by atoms with Crippen LogP contribution in [-0.4, -0.2) is 48.4 Å². The molecule has 0 radical (unpaired) electrons. The molecule has 3 amide bonds. The third kappa shape index (κ3) is 2.83. The van der Waals surface area contributed by atoms with Gasteiger partial charge in [-0.1, -0.05) is 35.3 Å². The molecule has 1 N–H and O–H groups in total. The molecule has 108 valence electrons. The van der Waals surface area contributed by atoms with Gasteiger partial charge in [-0.2, -0.15) is 0 Å². The van der Waals surface area contributed by atoms with Crippen LogP contribution in [-0.2, 0) is 11.3 Å². The Labute approximate surface area is 127 Å². The number of hydrogen-bond donors (Lipinski definition) is 1. The van der Waals surface area contributed by atoms with Crippen LogP contribution in [0, 0.1) is 0 Å². The number of nitrogens with one attached hydrogen (secondary N) is 1. The lowest BCUT2D eigenvalue weighted by molar-refractivity contribution is -0.124. The van der Waals surface area contributed by atoms with Crippen LogP contribution in [0.5, 0.6) is 0 Å². The molecule has 1 atom stereocenters. The summed E-state index contributed by atoms with van der Waals surface area (Å²) in [6, 6.07) is 4.61. The van der Waals surface area contributed by atoms with Crippen molar-refractivity contribution in [3.8, 4) is 0 Å². The van der Waals surface area contributed by atoms with E-state index >= 15 is 0 Å². The summed E-state index contributed by atoms with van der Waals surface area (Å²) in [6.45, 7) is 0.658. The van der Waals surface area contributed by atoms with Gasteiger partial charge in [-0.15, -0.1) is 0 Å². The van der Waals surface area contributed by atoms with Crippen molar-refractivity contribution in [1.82, 2.24) is 15.1 Å². The van der Waals surface area contributed by atoms with Gasteiger partial charge in [0.15, 0.2) is 0 Å². The Kier molecular flexibility index (Phi) is 4.40. The van der Waals surface area contributed by atoms with Crippen molar-refractivity contribution in [2.45, 2.75) is 12.6 Å². The maximum absolute atomic E-state index is 12.1. The van der Waals surface area contributed by atoms with Crippen LogP contribution in [0.4, 0.5) is 4.79 Å². The Morgan fingerprint density at radius 2 is 2.10 bits per heavy atom. The van der Waals surface area contributed by atoms with E-state index in [1.165, 1.54) is 9.80 Å². The van der Waals surface area contributed by atoms with Crippen LogP contribution in [0.2, 0.25) is 10.0 Å². The fourth-order valence-electron chi connectivity index (χ4n) is 2.11. The first-order valence-corrected chi connectivity index (χ1v) is 6.86. The van der Waals surface area contributed by atoms with Gasteiger partial charge in [0.2, 0.25) is 5.91 Å². The summed E-state index contributed by atoms with van der Waals surface area (Å²) in [7, 11) is 3.28. The highest BCUT2D eigenvalue weighted by Crippen LogP contribution is 2.25. The highest BCUT2D eigenvalue weighted by atomic mass is 35.5. The molecule has 0 aliphatic carbocycles. The Bertz CT molecular complexity index is 550. The van der Waals surface area contributed by atoms with Gasteiger partial charge in [-0.05, 0) is 11.6 Å². The summed E-state index contributed by atoms with van der Waals surface area (Å²) in [5, 5.41) is 3.66. The second-order valence-electron chi connectivity index (χ2n) is 4.72. The van der Waals surface area contributed by atoms with Gasteiger partial charge in [-0.25, -0.2) is 4.79 Å². The molecule has 1 unspecified atom stereocenters. The van der Waals surface area contributed by atoms with Crippen LogP contribution in [0.1, 0.15) is 5.56 Å². The predicted molar refractivity (Wildman–Crippen MR) is 77.9 cm³/mol. The Hall–Kier alpha value is -1.46. The summed E-state index contributed by atoms with van der Waals surface area (Å²) in [5.74, 6) is -0.207. The Morgan fingerprint density at radius 3 is 2.70 bits per heavy atom. The maximum atomic E-state index is 12.1. The first-order valence-electron chi connectivity index (χ1n) is 6.10. The lowest BCUT2D eigenvalue weighted by Crippen LogP contribution is -2.43. The van der Waals surface area contributed by atoms with Gasteiger partial charge in [0, 0.05) is 20.6 Å². The monoisotopic (exact) mass is 315 g/mol. The number of benzene rings is 1. The van der Waals surface area contributed by atoms with Gasteiger partial charge >= 0.3 is 6.03 Å². The molecule has 1 saturated heterocycles. The fourth-order valence-corrected chi connectivity index (χ4v) is 2.49. The largest absolute Gasteiger partial charge is 0.350 e. The van der Waals surface area contributed by atoms with Crippen LogP contribution in [0.25, 0.3) is 0 Å². The summed E-state index contributed by atoms with van der Waals surface area (Å²) in [5.41, 5.74) is 0.743. The zero-order chi connectivity index (χ0) is 14.9. The topological polar surface area (TPSA) is 52.7 Å². The number of carbonyl (C=O) groups excluding carboxylic acids is 2. The molecule has 0 saturated carbocycles. The number of hydrogen-bond acceptors (Lipinski definition) is 2. The maximum Gasteiger partial charge on any atom is 0.320 e. The standard InChI is InChI=1S/C13H15Cl2N3O2/c1-17-7-10(18(2)13(17)20)12(19)16-6-8-4-3-5-9(14)11(8)15/h3-5,10H,6-7H2,1-2H3,(H,16,19). The molecular weight excluding hydrogens is 301 g/mol. The van der Waals surface area contributed by atoms with Gasteiger partial charge in [0.25, 0.3) is 0 Å². The normalized spacial score (nSPS) is 18.6. The molecule has 1 fully saturated rings. The van der Waals surface area contributed by atoms with E-state index < -0.39 is 6.04 Å². The van der Waals surface area contributed by atoms with Crippen molar-refractivity contribution in [1.29, 1.82) is 0 Å². The molecule has 1 heterocycles. The minimum Gasteiger partial charge on any atom is -0.350 e. The smallest absolute Gasteiger partial charge is 0.320 e. The number of likely N-dealkylation sites (N-methyl/N-ethyl adjacent to an activating group) is 2. The molecule has 0 aromatic heterocycles. The van der Waals surface area contributed by atoms with Crippen molar-refractivity contribution in [3.05, 3.63) is 33.8 Å². The Balaban J connectivity index is 1.99. The average Bonchev–Trinajstić information content (AvgIpc) is 2.68. The molecule has 5 nitrogen and oxygen atoms in total. The lowest BCUT2D eigenvalue weighted by atomic mass is 10.2. The number of halogens is 2. The minimum absolute atomic E-state index is 0.161. The highest BCUT2D eigenvalue weighted by Gasteiger charge is 2.36. The van der Waals surface area contributed by atoms with E-state index in [2.05, 4.69) is 5.32 Å². The van der Waals surface area contributed by atoms with Crippen LogP contribution in [0.3, 0.4) is 0 Å². The average molecular weight is 316 g/mol. The molecule has 1 aliphatic rings. The SMILES string of the molecule is CN1CC(C(=O)NCc2cccc(Cl)c2Cl)N(C)C1=O. The lowest BCUT2D eigenvalue weighted by Gasteiger charge is -2.17. The minimum atomic E-state index is -0.481. The van der Waals surface area contributed by atoms with E-state index in [4.69, 9.17) is 23.2 Å². The van der Waals surface area contributed by atoms with Crippen molar-refractivity contribution in [2.24, 2.45) is 0 Å². The zero-order valence-corrected chi connectivity index (χ0v) is 12.7. The van der Waals surface area contributed by atoms with E-state index in [0.29, 0.717) is 16.6 Å². The first-order chi connectivity index (χ1) is 9.41. The van der Waals surface area contributed by atoms with E-state index in [1.54, 1.807) is 32.3 Å². The molecule has 1 aromatic carbocycles. The van der Waals surface area contributed by atoms with Crippen LogP contribution in [0.15, 0.2) is 18.2 Å². The van der Waals surface area contributed by atoms with E-state index in [-0.39, 0.29) is 18.5 Å². The van der Waals surface area contributed by atoms with Crippen molar-refractivity contribution >= 4 is 35.1 Å². The summed E-state index contributed by atoms with van der Waals surface area (Å²) < 4.78 is 0. The molecule has 7 heteroatoms. The van der Waals surface area contributed by atoms with Crippen molar-refractivity contribution < 1.29 is 9.59 Å². The van der Waals surface area contributed by atoms with E-state index in [0.717, 1.165) is 5.56 Å². The third-order valence-corrected chi connectivity index (χ3v) is 4.19. The van der Waals surface area contributed by atoms with Crippen molar-refractivity contribution in [2.75, 3.05) is 20.6 Å². The molecular formula is C13H15Cl2N3O2. The number of amides is 3. The summed E-state index contributed by atoms with van der Waals surface area (Å²) >= 11 is 12.0. The molecule has 1 aliphatic heterocycles. The molecule has 0 spiro atoms. The van der Waals surface area contributed by atoms with E-state index in [9.17, 15) is 9.59 Å². The third-order valence-electron chi connectivity index (χ3n) is 3.33. The second kappa shape index (κ2) is 5.89. The van der Waals surface area contributed by atoms with Gasteiger partial charge in [0.1, 0.15) is 6.04 Å². The van der Waals surface area contributed by atoms with Crippen LogP contribution >= 0.6 is 23.2 Å². The molecule has 2 rings (SSSR count). The predicted octanol–water partition coefficient (Wildman–Crippen LogP) is 1.98. The number of nitrogens with zero attached hydrogens (tertiary/aromatic N) is 2. The number of rotatable bonds is 3. The van der Waals surface area contributed by atoms with Gasteiger partial charge in [-0.3, -0.25) is 4.79 Å². The van der Waals surface area contributed by atoms with E-state index in [1.807, 2.05) is 0 Å². The van der Waals surface area contributed by atoms with Crippen LogP contribution < -0.4 is 5.32 Å². The fraction of sp³-hybridized carbons (Fsp3) is 0.385. The molecule has 0 bridgehead atoms. The van der Waals surface area contributed by atoms with Gasteiger partial charge in [0.05, 0.1) is 16.6 Å². The summed E-state index contributed by atoms with van der Waals surface area (Å²) in [4.78, 5) is 26.7. The zero-order valence-electron chi connectivity index (χ0n) is 11.2. The number of carbonyl (C=O) groups is 2. The number of urea groups is 1. The quantitative estimate of drug-likeness (QED) is 0.927. The molecule has 20 heavy (non-hydrogen) atoms. The highest BCUT2D eigenvalue weighted by molar-refractivity contribution is 6.42. The van der Waals surface area contributed by atoms with Gasteiger partial charge < -0.3 is 15.1 Å². The summed E-state index contributed by atoms with van der Waals surface area (Å²) in [6.07, 6.45) is 0. The van der Waals surface area contributed by atoms with Crippen molar-refractivity contribution in [3.63, 3.8) is 0 Å². The molecule has 1 aromatic rings. The first kappa shape index (κ1) is 14.9. The second-order valence-corrected chi connectivity index (χ2v) is 5.51.